The molecule has 20 heavy (non-hydrogen) atoms. The standard InChI is InChI=1S/C11H8BrClN4O3/c12-6-1-8(10(13)14-2-6)11(20)16-7-3-15-17(4-7)5-9(18)19/h1-4H,5H2,(H,16,20)(H,18,19). The first kappa shape index (κ1) is 14.5. The molecule has 0 unspecified atom stereocenters. The summed E-state index contributed by atoms with van der Waals surface area (Å²) in [5, 5.41) is 15.1. The molecule has 0 atom stereocenters. The van der Waals surface area contributed by atoms with E-state index in [1.165, 1.54) is 29.3 Å². The van der Waals surface area contributed by atoms with Crippen molar-refractivity contribution in [2.45, 2.75) is 6.54 Å². The molecule has 1 amide bonds. The van der Waals surface area contributed by atoms with Crippen LogP contribution in [0.25, 0.3) is 0 Å². The van der Waals surface area contributed by atoms with Crippen LogP contribution < -0.4 is 5.32 Å². The number of nitrogens with zero attached hydrogens (tertiary/aromatic N) is 3. The summed E-state index contributed by atoms with van der Waals surface area (Å²) in [6, 6.07) is 1.53. The highest BCUT2D eigenvalue weighted by Gasteiger charge is 2.13. The molecule has 2 N–H and O–H groups in total. The number of anilines is 1. The summed E-state index contributed by atoms with van der Waals surface area (Å²) in [6.07, 6.45) is 4.23. The van der Waals surface area contributed by atoms with Gasteiger partial charge >= 0.3 is 5.97 Å². The third kappa shape index (κ3) is 3.55. The van der Waals surface area contributed by atoms with Crippen LogP contribution in [0.4, 0.5) is 5.69 Å². The van der Waals surface area contributed by atoms with E-state index < -0.39 is 11.9 Å². The Morgan fingerprint density at radius 1 is 1.45 bits per heavy atom. The number of carbonyl (C=O) groups excluding carboxylic acids is 1. The lowest BCUT2D eigenvalue weighted by Crippen LogP contribution is -2.13. The molecule has 104 valence electrons. The lowest BCUT2D eigenvalue weighted by atomic mass is 10.2. The quantitative estimate of drug-likeness (QED) is 0.814. The number of aromatic nitrogens is 3. The lowest BCUT2D eigenvalue weighted by Gasteiger charge is -2.04. The molecular weight excluding hydrogens is 352 g/mol. The van der Waals surface area contributed by atoms with Crippen molar-refractivity contribution < 1.29 is 14.7 Å². The van der Waals surface area contributed by atoms with Crippen LogP contribution in [0, 0.1) is 0 Å². The van der Waals surface area contributed by atoms with Crippen LogP contribution in [0.2, 0.25) is 5.15 Å². The Morgan fingerprint density at radius 2 is 2.20 bits per heavy atom. The molecule has 0 aliphatic carbocycles. The molecule has 9 heteroatoms. The maximum Gasteiger partial charge on any atom is 0.325 e. The van der Waals surface area contributed by atoms with Gasteiger partial charge in [-0.15, -0.1) is 0 Å². The number of aliphatic carboxylic acids is 1. The fraction of sp³-hybridized carbons (Fsp3) is 0.0909. The Hall–Kier alpha value is -1.93. The van der Waals surface area contributed by atoms with Crippen LogP contribution in [-0.4, -0.2) is 31.7 Å². The third-order valence-electron chi connectivity index (χ3n) is 2.24. The largest absolute Gasteiger partial charge is 0.480 e. The first-order chi connectivity index (χ1) is 9.45. The number of amides is 1. The predicted octanol–water partition coefficient (Wildman–Crippen LogP) is 2.03. The molecule has 2 heterocycles. The first-order valence-electron chi connectivity index (χ1n) is 5.32. The number of carboxylic acids is 1. The third-order valence-corrected chi connectivity index (χ3v) is 2.97. The number of hydrogen-bond acceptors (Lipinski definition) is 4. The molecule has 0 fully saturated rings. The highest BCUT2D eigenvalue weighted by molar-refractivity contribution is 9.10. The van der Waals surface area contributed by atoms with E-state index in [1.54, 1.807) is 0 Å². The minimum absolute atomic E-state index is 0.0728. The Bertz CT molecular complexity index is 673. The SMILES string of the molecule is O=C(O)Cn1cc(NC(=O)c2cc(Br)cnc2Cl)cn1. The lowest BCUT2D eigenvalue weighted by molar-refractivity contribution is -0.137. The minimum Gasteiger partial charge on any atom is -0.480 e. The maximum atomic E-state index is 12.0. The molecule has 0 saturated heterocycles. The molecular formula is C11H8BrClN4O3. The minimum atomic E-state index is -1.02. The van der Waals surface area contributed by atoms with Crippen LogP contribution in [0.5, 0.6) is 0 Å². The summed E-state index contributed by atoms with van der Waals surface area (Å²) < 4.78 is 1.81. The topological polar surface area (TPSA) is 97.1 Å². The summed E-state index contributed by atoms with van der Waals surface area (Å²) in [7, 11) is 0. The fourth-order valence-electron chi connectivity index (χ4n) is 1.43. The zero-order valence-corrected chi connectivity index (χ0v) is 12.2. The number of hydrogen-bond donors (Lipinski definition) is 2. The van der Waals surface area contributed by atoms with E-state index in [1.807, 2.05) is 0 Å². The van der Waals surface area contributed by atoms with Gasteiger partial charge in [-0.3, -0.25) is 14.3 Å². The summed E-state index contributed by atoms with van der Waals surface area (Å²) in [6.45, 7) is -0.283. The molecule has 2 rings (SSSR count). The zero-order valence-electron chi connectivity index (χ0n) is 9.88. The summed E-state index contributed by atoms with van der Waals surface area (Å²) in [4.78, 5) is 26.4. The highest BCUT2D eigenvalue weighted by atomic mass is 79.9. The van der Waals surface area contributed by atoms with Crippen molar-refractivity contribution in [2.75, 3.05) is 5.32 Å². The van der Waals surface area contributed by atoms with Gasteiger partial charge in [0.2, 0.25) is 0 Å². The van der Waals surface area contributed by atoms with Crippen LogP contribution in [0.15, 0.2) is 29.1 Å². The van der Waals surface area contributed by atoms with Crippen molar-refractivity contribution >= 4 is 45.1 Å². The van der Waals surface area contributed by atoms with Gasteiger partial charge in [0.1, 0.15) is 11.7 Å². The molecule has 0 radical (unpaired) electrons. The van der Waals surface area contributed by atoms with E-state index in [9.17, 15) is 9.59 Å². The molecule has 0 spiro atoms. The van der Waals surface area contributed by atoms with E-state index in [0.717, 1.165) is 0 Å². The van der Waals surface area contributed by atoms with Gasteiger partial charge in [0.05, 0.1) is 17.4 Å². The summed E-state index contributed by atoms with van der Waals surface area (Å²) in [5.41, 5.74) is 0.569. The predicted molar refractivity (Wildman–Crippen MR) is 74.8 cm³/mol. The molecule has 0 aliphatic rings. The van der Waals surface area contributed by atoms with Crippen molar-refractivity contribution in [3.8, 4) is 0 Å². The van der Waals surface area contributed by atoms with Gasteiger partial charge in [0, 0.05) is 16.9 Å². The van der Waals surface area contributed by atoms with Gasteiger partial charge in [0.15, 0.2) is 0 Å². The van der Waals surface area contributed by atoms with Crippen molar-refractivity contribution in [3.63, 3.8) is 0 Å². The average Bonchev–Trinajstić information content (AvgIpc) is 2.78. The van der Waals surface area contributed by atoms with Crippen molar-refractivity contribution in [2.24, 2.45) is 0 Å². The fourth-order valence-corrected chi connectivity index (χ4v) is 1.95. The maximum absolute atomic E-state index is 12.0. The second-order valence-corrected chi connectivity index (χ2v) is 5.04. The Balaban J connectivity index is 2.13. The van der Waals surface area contributed by atoms with E-state index in [0.29, 0.717) is 10.2 Å². The van der Waals surface area contributed by atoms with Gasteiger partial charge < -0.3 is 10.4 Å². The molecule has 0 bridgehead atoms. The molecule has 0 aromatic carbocycles. The highest BCUT2D eigenvalue weighted by Crippen LogP contribution is 2.19. The van der Waals surface area contributed by atoms with Crippen LogP contribution >= 0.6 is 27.5 Å². The van der Waals surface area contributed by atoms with Gasteiger partial charge in [-0.1, -0.05) is 11.6 Å². The van der Waals surface area contributed by atoms with Gasteiger partial charge in [-0.2, -0.15) is 5.10 Å². The molecule has 2 aromatic rings. The first-order valence-corrected chi connectivity index (χ1v) is 6.49. The monoisotopic (exact) mass is 358 g/mol. The van der Waals surface area contributed by atoms with Crippen molar-refractivity contribution in [1.82, 2.24) is 14.8 Å². The number of halogens is 2. The number of nitrogens with one attached hydrogen (secondary N) is 1. The van der Waals surface area contributed by atoms with E-state index in [4.69, 9.17) is 16.7 Å². The second kappa shape index (κ2) is 6.02. The Morgan fingerprint density at radius 3 is 2.90 bits per heavy atom. The Labute approximate surface area is 126 Å². The van der Waals surface area contributed by atoms with Crippen molar-refractivity contribution in [3.05, 3.63) is 39.8 Å². The number of carbonyl (C=O) groups is 2. The molecule has 2 aromatic heterocycles. The number of pyridine rings is 1. The molecule has 7 nitrogen and oxygen atoms in total. The van der Waals surface area contributed by atoms with E-state index >= 15 is 0 Å². The van der Waals surface area contributed by atoms with Crippen LogP contribution in [0.3, 0.4) is 0 Å². The Kier molecular flexibility index (Phi) is 4.35. The average molecular weight is 360 g/mol. The molecule has 0 aliphatic heterocycles. The van der Waals surface area contributed by atoms with E-state index in [2.05, 4.69) is 31.3 Å². The van der Waals surface area contributed by atoms with Gasteiger partial charge in [-0.25, -0.2) is 4.98 Å². The van der Waals surface area contributed by atoms with Crippen LogP contribution in [-0.2, 0) is 11.3 Å². The number of rotatable bonds is 4. The summed E-state index contributed by atoms with van der Waals surface area (Å²) in [5.74, 6) is -1.48. The summed E-state index contributed by atoms with van der Waals surface area (Å²) >= 11 is 9.04. The van der Waals surface area contributed by atoms with E-state index in [-0.39, 0.29) is 17.3 Å². The van der Waals surface area contributed by atoms with Crippen molar-refractivity contribution in [1.29, 1.82) is 0 Å². The smallest absolute Gasteiger partial charge is 0.325 e. The zero-order chi connectivity index (χ0) is 14.7. The van der Waals surface area contributed by atoms with Gasteiger partial charge in [0.25, 0.3) is 5.91 Å². The number of carboxylic acid groups (broad SMARTS) is 1. The van der Waals surface area contributed by atoms with Crippen LogP contribution in [0.1, 0.15) is 10.4 Å². The normalized spacial score (nSPS) is 10.3. The van der Waals surface area contributed by atoms with Gasteiger partial charge in [-0.05, 0) is 22.0 Å². The molecule has 0 saturated carbocycles. The second-order valence-electron chi connectivity index (χ2n) is 3.77.